The molecule has 0 unspecified atom stereocenters. The maximum atomic E-state index is 10.2. The van der Waals surface area contributed by atoms with Gasteiger partial charge >= 0.3 is 0 Å². The highest BCUT2D eigenvalue weighted by atomic mass is 16.3. The van der Waals surface area contributed by atoms with E-state index in [1.807, 2.05) is 31.2 Å². The Labute approximate surface area is 121 Å². The first kappa shape index (κ1) is 14.6. The van der Waals surface area contributed by atoms with Gasteiger partial charge in [-0.3, -0.25) is 0 Å². The van der Waals surface area contributed by atoms with Gasteiger partial charge in [0.15, 0.2) is 0 Å². The average molecular weight is 269 g/mol. The van der Waals surface area contributed by atoms with Crippen molar-refractivity contribution in [3.05, 3.63) is 65.7 Å². The molecular formula is C18H23NO. The van der Waals surface area contributed by atoms with Crippen LogP contribution in [0.15, 0.2) is 54.6 Å². The molecule has 20 heavy (non-hydrogen) atoms. The molecule has 106 valence electrons. The quantitative estimate of drug-likeness (QED) is 0.851. The molecule has 0 amide bonds. The lowest BCUT2D eigenvalue weighted by Gasteiger charge is -2.27. The van der Waals surface area contributed by atoms with Crippen molar-refractivity contribution in [3.8, 4) is 0 Å². The van der Waals surface area contributed by atoms with Crippen molar-refractivity contribution in [2.75, 3.05) is 11.4 Å². The lowest BCUT2D eigenvalue weighted by Crippen LogP contribution is -2.23. The van der Waals surface area contributed by atoms with Crippen molar-refractivity contribution in [1.82, 2.24) is 0 Å². The fraction of sp³-hybridized carbons (Fsp3) is 0.333. The lowest BCUT2D eigenvalue weighted by molar-refractivity contribution is 0.174. The minimum Gasteiger partial charge on any atom is -0.388 e. The van der Waals surface area contributed by atoms with E-state index >= 15 is 0 Å². The second kappa shape index (κ2) is 7.11. The van der Waals surface area contributed by atoms with Gasteiger partial charge < -0.3 is 10.0 Å². The smallest absolute Gasteiger partial charge is 0.0807 e. The number of nitrogens with zero attached hydrogens (tertiary/aromatic N) is 1. The van der Waals surface area contributed by atoms with Crippen molar-refractivity contribution in [1.29, 1.82) is 0 Å². The topological polar surface area (TPSA) is 23.5 Å². The van der Waals surface area contributed by atoms with Crippen LogP contribution in [-0.4, -0.2) is 11.7 Å². The molecule has 0 aromatic heterocycles. The molecular weight excluding hydrogens is 246 g/mol. The van der Waals surface area contributed by atoms with Crippen LogP contribution in [0.25, 0.3) is 0 Å². The van der Waals surface area contributed by atoms with Crippen LogP contribution >= 0.6 is 0 Å². The summed E-state index contributed by atoms with van der Waals surface area (Å²) in [7, 11) is 0. The van der Waals surface area contributed by atoms with E-state index in [9.17, 15) is 5.11 Å². The Morgan fingerprint density at radius 2 is 1.60 bits per heavy atom. The molecule has 2 aromatic carbocycles. The monoisotopic (exact) mass is 269 g/mol. The first-order valence-corrected chi connectivity index (χ1v) is 7.32. The van der Waals surface area contributed by atoms with Gasteiger partial charge in [-0.2, -0.15) is 0 Å². The van der Waals surface area contributed by atoms with E-state index in [0.29, 0.717) is 0 Å². The maximum Gasteiger partial charge on any atom is 0.0807 e. The highest BCUT2D eigenvalue weighted by Crippen LogP contribution is 2.29. The van der Waals surface area contributed by atoms with Crippen LogP contribution in [0.1, 0.15) is 37.5 Å². The lowest BCUT2D eigenvalue weighted by atomic mass is 10.0. The Kier molecular flexibility index (Phi) is 5.19. The summed E-state index contributed by atoms with van der Waals surface area (Å²) in [5.41, 5.74) is 3.44. The van der Waals surface area contributed by atoms with E-state index in [4.69, 9.17) is 0 Å². The van der Waals surface area contributed by atoms with Gasteiger partial charge in [0.2, 0.25) is 0 Å². The van der Waals surface area contributed by atoms with Crippen LogP contribution in [0.2, 0.25) is 0 Å². The Morgan fingerprint density at radius 3 is 2.25 bits per heavy atom. The molecule has 2 heteroatoms. The van der Waals surface area contributed by atoms with Crippen LogP contribution in [0.3, 0.4) is 0 Å². The SMILES string of the molecule is CC[C@H](O)c1ccccc1N(CC)Cc1ccccc1. The fourth-order valence-electron chi connectivity index (χ4n) is 2.45. The van der Waals surface area contributed by atoms with E-state index in [2.05, 4.69) is 42.2 Å². The molecule has 2 nitrogen and oxygen atoms in total. The molecule has 0 saturated heterocycles. The fourth-order valence-corrected chi connectivity index (χ4v) is 2.45. The molecule has 0 aliphatic heterocycles. The normalized spacial score (nSPS) is 12.2. The van der Waals surface area contributed by atoms with Gasteiger partial charge in [-0.15, -0.1) is 0 Å². The standard InChI is InChI=1S/C18H23NO/c1-3-18(20)16-12-8-9-13-17(16)19(4-2)14-15-10-6-5-7-11-15/h5-13,18,20H,3-4,14H2,1-2H3/t18-/m0/s1. The van der Waals surface area contributed by atoms with Crippen molar-refractivity contribution in [2.45, 2.75) is 32.9 Å². The Balaban J connectivity index is 2.28. The number of benzene rings is 2. The van der Waals surface area contributed by atoms with E-state index in [0.717, 1.165) is 30.8 Å². The summed E-state index contributed by atoms with van der Waals surface area (Å²) in [6, 6.07) is 18.6. The zero-order valence-corrected chi connectivity index (χ0v) is 12.3. The zero-order chi connectivity index (χ0) is 14.4. The molecule has 0 radical (unpaired) electrons. The van der Waals surface area contributed by atoms with Crippen LogP contribution in [0.5, 0.6) is 0 Å². The second-order valence-corrected chi connectivity index (χ2v) is 4.98. The molecule has 0 aliphatic rings. The number of rotatable bonds is 6. The summed E-state index contributed by atoms with van der Waals surface area (Å²) in [6.45, 7) is 5.94. The Bertz CT molecular complexity index is 524. The summed E-state index contributed by atoms with van der Waals surface area (Å²) >= 11 is 0. The second-order valence-electron chi connectivity index (χ2n) is 4.98. The zero-order valence-electron chi connectivity index (χ0n) is 12.3. The Hall–Kier alpha value is -1.80. The number of aliphatic hydroxyl groups excluding tert-OH is 1. The molecule has 1 atom stereocenters. The van der Waals surface area contributed by atoms with Crippen molar-refractivity contribution in [3.63, 3.8) is 0 Å². The molecule has 0 bridgehead atoms. The van der Waals surface area contributed by atoms with Gasteiger partial charge in [-0.05, 0) is 25.0 Å². The van der Waals surface area contributed by atoms with Gasteiger partial charge in [0.05, 0.1) is 6.10 Å². The third kappa shape index (κ3) is 3.40. The Morgan fingerprint density at radius 1 is 0.950 bits per heavy atom. The van der Waals surface area contributed by atoms with Gasteiger partial charge in [0, 0.05) is 24.3 Å². The summed E-state index contributed by atoms with van der Waals surface area (Å²) in [6.07, 6.45) is 0.343. The third-order valence-corrected chi connectivity index (χ3v) is 3.62. The molecule has 0 heterocycles. The first-order valence-electron chi connectivity index (χ1n) is 7.32. The molecule has 0 fully saturated rings. The largest absolute Gasteiger partial charge is 0.388 e. The van der Waals surface area contributed by atoms with Gasteiger partial charge in [0.1, 0.15) is 0 Å². The predicted octanol–water partition coefficient (Wildman–Crippen LogP) is 4.16. The minimum atomic E-state index is -0.393. The molecule has 2 rings (SSSR count). The highest BCUT2D eigenvalue weighted by molar-refractivity contribution is 5.55. The minimum absolute atomic E-state index is 0.393. The molecule has 1 N–H and O–H groups in total. The number of hydrogen-bond acceptors (Lipinski definition) is 2. The third-order valence-electron chi connectivity index (χ3n) is 3.62. The highest BCUT2D eigenvalue weighted by Gasteiger charge is 2.14. The van der Waals surface area contributed by atoms with Gasteiger partial charge in [-0.25, -0.2) is 0 Å². The maximum absolute atomic E-state index is 10.2. The predicted molar refractivity (Wildman–Crippen MR) is 84.9 cm³/mol. The number of hydrogen-bond donors (Lipinski definition) is 1. The van der Waals surface area contributed by atoms with Crippen LogP contribution < -0.4 is 4.90 Å². The molecule has 2 aromatic rings. The summed E-state index contributed by atoms with van der Waals surface area (Å²) < 4.78 is 0. The van der Waals surface area contributed by atoms with Crippen molar-refractivity contribution >= 4 is 5.69 Å². The number of para-hydroxylation sites is 1. The van der Waals surface area contributed by atoms with E-state index in [1.54, 1.807) is 0 Å². The molecule has 0 aliphatic carbocycles. The van der Waals surface area contributed by atoms with E-state index in [-0.39, 0.29) is 0 Å². The van der Waals surface area contributed by atoms with Crippen LogP contribution in [0.4, 0.5) is 5.69 Å². The number of anilines is 1. The van der Waals surface area contributed by atoms with Gasteiger partial charge in [-0.1, -0.05) is 55.5 Å². The molecule has 0 saturated carbocycles. The first-order chi connectivity index (χ1) is 9.76. The molecule has 0 spiro atoms. The van der Waals surface area contributed by atoms with E-state index in [1.165, 1.54) is 5.56 Å². The summed E-state index contributed by atoms with van der Waals surface area (Å²) in [4.78, 5) is 2.31. The average Bonchev–Trinajstić information content (AvgIpc) is 2.53. The van der Waals surface area contributed by atoms with Gasteiger partial charge in [0.25, 0.3) is 0 Å². The van der Waals surface area contributed by atoms with Crippen LogP contribution in [-0.2, 0) is 6.54 Å². The summed E-state index contributed by atoms with van der Waals surface area (Å²) in [5.74, 6) is 0. The summed E-state index contributed by atoms with van der Waals surface area (Å²) in [5, 5.41) is 10.2. The van der Waals surface area contributed by atoms with Crippen molar-refractivity contribution in [2.24, 2.45) is 0 Å². The van der Waals surface area contributed by atoms with Crippen molar-refractivity contribution < 1.29 is 5.11 Å². The van der Waals surface area contributed by atoms with Crippen LogP contribution in [0, 0.1) is 0 Å². The van der Waals surface area contributed by atoms with E-state index < -0.39 is 6.10 Å². The number of aliphatic hydroxyl groups is 1.